The van der Waals surface area contributed by atoms with Crippen molar-refractivity contribution in [1.29, 1.82) is 0 Å². The Hall–Kier alpha value is -0.970. The number of pyridine rings is 1. The van der Waals surface area contributed by atoms with Gasteiger partial charge in [-0.25, -0.2) is 0 Å². The van der Waals surface area contributed by atoms with E-state index in [1.165, 1.54) is 0 Å². The third kappa shape index (κ3) is 2.09. The number of rotatable bonds is 2. The Morgan fingerprint density at radius 2 is 2.57 bits per heavy atom. The molecule has 2 atom stereocenters. The van der Waals surface area contributed by atoms with E-state index in [9.17, 15) is 5.11 Å². The second kappa shape index (κ2) is 4.50. The zero-order valence-corrected chi connectivity index (χ0v) is 7.89. The molecule has 1 saturated heterocycles. The van der Waals surface area contributed by atoms with Crippen molar-refractivity contribution in [3.63, 3.8) is 0 Å². The maximum absolute atomic E-state index is 9.94. The Bertz CT molecular complexity index is 273. The Labute approximate surface area is 82.9 Å². The third-order valence-corrected chi connectivity index (χ3v) is 2.33. The first-order valence-electron chi connectivity index (χ1n) is 4.78. The fourth-order valence-electron chi connectivity index (χ4n) is 1.55. The number of hydrogen-bond acceptors (Lipinski definition) is 4. The lowest BCUT2D eigenvalue weighted by molar-refractivity contribution is -0.0537. The second-order valence-corrected chi connectivity index (χ2v) is 3.34. The highest BCUT2D eigenvalue weighted by atomic mass is 16.5. The molecule has 2 rings (SSSR count). The molecular formula is C10H14N2O2. The molecule has 2 N–H and O–H groups in total. The lowest BCUT2D eigenvalue weighted by Gasteiger charge is -2.27. The number of aromatic nitrogens is 1. The molecule has 0 bridgehead atoms. The fraction of sp³-hybridized carbons (Fsp3) is 0.500. The maximum atomic E-state index is 9.94. The number of nitrogens with zero attached hydrogens (tertiary/aromatic N) is 1. The van der Waals surface area contributed by atoms with Crippen molar-refractivity contribution in [2.45, 2.75) is 12.2 Å². The highest BCUT2D eigenvalue weighted by Gasteiger charge is 2.23. The molecule has 1 aromatic rings. The van der Waals surface area contributed by atoms with Crippen LogP contribution in [0.4, 0.5) is 0 Å². The molecule has 0 spiro atoms. The summed E-state index contributed by atoms with van der Waals surface area (Å²) in [6, 6.07) is 3.67. The second-order valence-electron chi connectivity index (χ2n) is 3.34. The molecule has 2 unspecified atom stereocenters. The molecule has 0 aliphatic carbocycles. The van der Waals surface area contributed by atoms with Gasteiger partial charge in [0, 0.05) is 31.0 Å². The van der Waals surface area contributed by atoms with Crippen LogP contribution in [0.5, 0.6) is 0 Å². The quantitative estimate of drug-likeness (QED) is 0.701. The van der Waals surface area contributed by atoms with E-state index in [0.717, 1.165) is 12.1 Å². The van der Waals surface area contributed by atoms with E-state index >= 15 is 0 Å². The van der Waals surface area contributed by atoms with Crippen LogP contribution in [0.25, 0.3) is 0 Å². The fourth-order valence-corrected chi connectivity index (χ4v) is 1.55. The normalized spacial score (nSPS) is 24.5. The standard InChI is InChI=1S/C10H14N2O2/c13-10(8-2-1-3-11-6-8)9-7-12-4-5-14-9/h1-3,6,9-10,12-13H,4-5,7H2. The van der Waals surface area contributed by atoms with Gasteiger partial charge in [0.25, 0.3) is 0 Å². The van der Waals surface area contributed by atoms with E-state index in [1.807, 2.05) is 12.1 Å². The van der Waals surface area contributed by atoms with Gasteiger partial charge in [0.05, 0.1) is 6.61 Å². The molecule has 14 heavy (non-hydrogen) atoms. The third-order valence-electron chi connectivity index (χ3n) is 2.33. The van der Waals surface area contributed by atoms with Crippen LogP contribution < -0.4 is 5.32 Å². The monoisotopic (exact) mass is 194 g/mol. The van der Waals surface area contributed by atoms with Crippen LogP contribution in [0, 0.1) is 0 Å². The molecule has 0 saturated carbocycles. The number of aliphatic hydroxyl groups is 1. The van der Waals surface area contributed by atoms with Crippen LogP contribution in [0.15, 0.2) is 24.5 Å². The summed E-state index contributed by atoms with van der Waals surface area (Å²) < 4.78 is 5.45. The summed E-state index contributed by atoms with van der Waals surface area (Å²) in [5, 5.41) is 13.1. The summed E-state index contributed by atoms with van der Waals surface area (Å²) in [6.07, 6.45) is 2.61. The first-order chi connectivity index (χ1) is 6.88. The summed E-state index contributed by atoms with van der Waals surface area (Å²) >= 11 is 0. The van der Waals surface area contributed by atoms with Crippen molar-refractivity contribution in [2.24, 2.45) is 0 Å². The topological polar surface area (TPSA) is 54.4 Å². The minimum Gasteiger partial charge on any atom is -0.386 e. The molecule has 1 aliphatic rings. The Kier molecular flexibility index (Phi) is 3.08. The van der Waals surface area contributed by atoms with Gasteiger partial charge >= 0.3 is 0 Å². The van der Waals surface area contributed by atoms with Crippen LogP contribution in [0.1, 0.15) is 11.7 Å². The van der Waals surface area contributed by atoms with Crippen molar-refractivity contribution in [2.75, 3.05) is 19.7 Å². The minimum absolute atomic E-state index is 0.159. The van der Waals surface area contributed by atoms with Gasteiger partial charge in [-0.2, -0.15) is 0 Å². The summed E-state index contributed by atoms with van der Waals surface area (Å²) in [7, 11) is 0. The summed E-state index contributed by atoms with van der Waals surface area (Å²) in [5.74, 6) is 0. The van der Waals surface area contributed by atoms with Crippen molar-refractivity contribution >= 4 is 0 Å². The first-order valence-corrected chi connectivity index (χ1v) is 4.78. The largest absolute Gasteiger partial charge is 0.386 e. The molecule has 1 aliphatic heterocycles. The smallest absolute Gasteiger partial charge is 0.108 e. The van der Waals surface area contributed by atoms with E-state index in [1.54, 1.807) is 12.4 Å². The molecule has 0 radical (unpaired) electrons. The van der Waals surface area contributed by atoms with Crippen LogP contribution in [-0.4, -0.2) is 35.9 Å². The van der Waals surface area contributed by atoms with E-state index in [4.69, 9.17) is 4.74 Å². The first kappa shape index (κ1) is 9.58. The Balaban J connectivity index is 2.03. The Morgan fingerprint density at radius 1 is 1.64 bits per heavy atom. The molecule has 76 valence electrons. The zero-order valence-electron chi connectivity index (χ0n) is 7.89. The molecule has 1 fully saturated rings. The van der Waals surface area contributed by atoms with Gasteiger partial charge in [0.2, 0.25) is 0 Å². The van der Waals surface area contributed by atoms with Crippen LogP contribution in [0.2, 0.25) is 0 Å². The van der Waals surface area contributed by atoms with Gasteiger partial charge in [-0.1, -0.05) is 6.07 Å². The van der Waals surface area contributed by atoms with E-state index in [0.29, 0.717) is 13.2 Å². The van der Waals surface area contributed by atoms with Crippen molar-refractivity contribution < 1.29 is 9.84 Å². The molecular weight excluding hydrogens is 180 g/mol. The maximum Gasteiger partial charge on any atom is 0.108 e. The number of nitrogens with one attached hydrogen (secondary N) is 1. The average molecular weight is 194 g/mol. The average Bonchev–Trinajstić information content (AvgIpc) is 2.30. The molecule has 4 nitrogen and oxygen atoms in total. The highest BCUT2D eigenvalue weighted by Crippen LogP contribution is 2.18. The predicted octanol–water partition coefficient (Wildman–Crippen LogP) is 0.103. The SMILES string of the molecule is OC(c1cccnc1)C1CNCCO1. The molecule has 2 heterocycles. The summed E-state index contributed by atoms with van der Waals surface area (Å²) in [5.41, 5.74) is 0.807. The van der Waals surface area contributed by atoms with Gasteiger partial charge in [-0.15, -0.1) is 0 Å². The minimum atomic E-state index is -0.587. The van der Waals surface area contributed by atoms with Gasteiger partial charge in [-0.3, -0.25) is 4.98 Å². The van der Waals surface area contributed by atoms with Gasteiger partial charge in [0.15, 0.2) is 0 Å². The van der Waals surface area contributed by atoms with Gasteiger partial charge < -0.3 is 15.2 Å². The van der Waals surface area contributed by atoms with Crippen LogP contribution in [0.3, 0.4) is 0 Å². The van der Waals surface area contributed by atoms with Gasteiger partial charge in [-0.05, 0) is 6.07 Å². The summed E-state index contributed by atoms with van der Waals surface area (Å²) in [6.45, 7) is 2.20. The van der Waals surface area contributed by atoms with Crippen molar-refractivity contribution in [1.82, 2.24) is 10.3 Å². The van der Waals surface area contributed by atoms with Crippen molar-refractivity contribution in [3.05, 3.63) is 30.1 Å². The molecule has 0 aromatic carbocycles. The summed E-state index contributed by atoms with van der Waals surface area (Å²) in [4.78, 5) is 3.96. The number of hydrogen-bond donors (Lipinski definition) is 2. The predicted molar refractivity (Wildman–Crippen MR) is 51.8 cm³/mol. The van der Waals surface area contributed by atoms with Gasteiger partial charge in [0.1, 0.15) is 12.2 Å². The molecule has 0 amide bonds. The number of morpholine rings is 1. The lowest BCUT2D eigenvalue weighted by Crippen LogP contribution is -2.41. The zero-order chi connectivity index (χ0) is 9.80. The number of aliphatic hydroxyl groups excluding tert-OH is 1. The molecule has 1 aromatic heterocycles. The van der Waals surface area contributed by atoms with Crippen LogP contribution in [-0.2, 0) is 4.74 Å². The highest BCUT2D eigenvalue weighted by molar-refractivity contribution is 5.13. The van der Waals surface area contributed by atoms with E-state index < -0.39 is 6.10 Å². The van der Waals surface area contributed by atoms with Crippen molar-refractivity contribution in [3.8, 4) is 0 Å². The number of ether oxygens (including phenoxy) is 1. The van der Waals surface area contributed by atoms with E-state index in [2.05, 4.69) is 10.3 Å². The lowest BCUT2D eigenvalue weighted by atomic mass is 10.1. The molecule has 4 heteroatoms. The Morgan fingerprint density at radius 3 is 3.21 bits per heavy atom. The van der Waals surface area contributed by atoms with E-state index in [-0.39, 0.29) is 6.10 Å². The van der Waals surface area contributed by atoms with Crippen LogP contribution >= 0.6 is 0 Å².